The van der Waals surface area contributed by atoms with Crippen LogP contribution >= 0.6 is 15.9 Å². The van der Waals surface area contributed by atoms with Crippen LogP contribution < -0.4 is 0 Å². The van der Waals surface area contributed by atoms with Crippen molar-refractivity contribution in [2.45, 2.75) is 4.83 Å². The van der Waals surface area contributed by atoms with E-state index >= 15 is 0 Å². The molecule has 7 heavy (non-hydrogen) atoms. The van der Waals surface area contributed by atoms with E-state index in [2.05, 4.69) is 27.2 Å². The van der Waals surface area contributed by atoms with Gasteiger partial charge < -0.3 is 0 Å². The van der Waals surface area contributed by atoms with Crippen molar-refractivity contribution < 1.29 is 0 Å². The molecule has 0 aromatic rings. The van der Waals surface area contributed by atoms with Crippen LogP contribution in [0.4, 0.5) is 0 Å². The fourth-order valence-corrected chi connectivity index (χ4v) is 0.985. The van der Waals surface area contributed by atoms with E-state index in [0.29, 0.717) is 4.83 Å². The summed E-state index contributed by atoms with van der Waals surface area (Å²) >= 11 is 3.33. The molecule has 0 bridgehead atoms. The van der Waals surface area contributed by atoms with E-state index in [1.807, 2.05) is 12.1 Å². The molecule has 1 radical (unpaired) electrons. The van der Waals surface area contributed by atoms with Crippen molar-refractivity contribution in [2.75, 3.05) is 13.6 Å². The summed E-state index contributed by atoms with van der Waals surface area (Å²) in [4.78, 5) is 0.345. The van der Waals surface area contributed by atoms with Crippen LogP contribution in [0.5, 0.6) is 0 Å². The van der Waals surface area contributed by atoms with Crippen LogP contribution in [-0.4, -0.2) is 29.6 Å². The highest BCUT2D eigenvalue weighted by molar-refractivity contribution is 9.10. The van der Waals surface area contributed by atoms with Crippen molar-refractivity contribution in [3.05, 3.63) is 0 Å². The van der Waals surface area contributed by atoms with Gasteiger partial charge in [-0.3, -0.25) is 5.01 Å². The predicted molar refractivity (Wildman–Crippen MR) is 32.8 cm³/mol. The molecule has 0 aromatic heterocycles. The lowest BCUT2D eigenvalue weighted by Crippen LogP contribution is -2.11. The Hall–Kier alpha value is -0.0500. The maximum Gasteiger partial charge on any atom is 0.100 e. The Morgan fingerprint density at radius 2 is 2.71 bits per heavy atom. The smallest absolute Gasteiger partial charge is 0.100 e. The molecule has 0 aromatic carbocycles. The van der Waals surface area contributed by atoms with Crippen molar-refractivity contribution in [1.29, 1.82) is 0 Å². The highest BCUT2D eigenvalue weighted by Crippen LogP contribution is 2.04. The molecule has 1 aliphatic rings. The molecule has 0 N–H and O–H groups in total. The minimum Gasteiger partial charge on any atom is -0.298 e. The van der Waals surface area contributed by atoms with Crippen LogP contribution in [0.2, 0.25) is 0 Å². The van der Waals surface area contributed by atoms with Gasteiger partial charge in [-0.2, -0.15) is 5.10 Å². The molecule has 0 amide bonds. The maximum absolute atomic E-state index is 3.85. The molecule has 0 aliphatic carbocycles. The van der Waals surface area contributed by atoms with E-state index in [1.165, 1.54) is 0 Å². The summed E-state index contributed by atoms with van der Waals surface area (Å²) in [6.07, 6.45) is 2.84. The first-order valence-electron chi connectivity index (χ1n) is 2.10. The van der Waals surface area contributed by atoms with Gasteiger partial charge in [-0.1, -0.05) is 15.9 Å². The van der Waals surface area contributed by atoms with Gasteiger partial charge in [0.25, 0.3) is 0 Å². The summed E-state index contributed by atoms with van der Waals surface area (Å²) in [6.45, 7) is 0.944. The minimum absolute atomic E-state index is 0.345. The summed E-state index contributed by atoms with van der Waals surface area (Å²) in [5.74, 6) is 0. The third-order valence-electron chi connectivity index (χ3n) is 0.793. The zero-order valence-electron chi connectivity index (χ0n) is 4.06. The molecule has 1 heterocycles. The molecule has 3 heteroatoms. The molecule has 1 aliphatic heterocycles. The summed E-state index contributed by atoms with van der Waals surface area (Å²) in [6, 6.07) is 0. The van der Waals surface area contributed by atoms with Crippen molar-refractivity contribution in [1.82, 2.24) is 5.01 Å². The Kier molecular flexibility index (Phi) is 1.32. The van der Waals surface area contributed by atoms with Crippen molar-refractivity contribution in [3.8, 4) is 0 Å². The van der Waals surface area contributed by atoms with Crippen molar-refractivity contribution in [2.24, 2.45) is 5.10 Å². The molecular formula is C4H6BrN2. The molecule has 39 valence electrons. The zero-order chi connectivity index (χ0) is 5.28. The monoisotopic (exact) mass is 161 g/mol. The second kappa shape index (κ2) is 1.82. The number of rotatable bonds is 0. The zero-order valence-corrected chi connectivity index (χ0v) is 5.64. The number of halogens is 1. The minimum atomic E-state index is 0.345. The topological polar surface area (TPSA) is 15.6 Å². The molecule has 0 saturated heterocycles. The third kappa shape index (κ3) is 1.16. The molecule has 1 rings (SSSR count). The van der Waals surface area contributed by atoms with Gasteiger partial charge in [0.15, 0.2) is 0 Å². The molecule has 2 nitrogen and oxygen atoms in total. The average molecular weight is 162 g/mol. The Morgan fingerprint density at radius 1 is 2.00 bits per heavy atom. The van der Waals surface area contributed by atoms with Crippen LogP contribution in [0.15, 0.2) is 5.10 Å². The first-order chi connectivity index (χ1) is 3.29. The van der Waals surface area contributed by atoms with E-state index < -0.39 is 0 Å². The summed E-state index contributed by atoms with van der Waals surface area (Å²) in [5, 5.41) is 5.70. The van der Waals surface area contributed by atoms with Crippen LogP contribution in [0, 0.1) is 0 Å². The molecule has 0 spiro atoms. The highest BCUT2D eigenvalue weighted by Gasteiger charge is 2.09. The Morgan fingerprint density at radius 3 is 2.86 bits per heavy atom. The number of hydrogen-bond acceptors (Lipinski definition) is 2. The quantitative estimate of drug-likeness (QED) is 0.475. The highest BCUT2D eigenvalue weighted by atomic mass is 79.9. The second-order valence-electron chi connectivity index (χ2n) is 1.54. The third-order valence-corrected chi connectivity index (χ3v) is 1.29. The summed E-state index contributed by atoms with van der Waals surface area (Å²) in [5.41, 5.74) is 0. The number of alkyl halides is 1. The SMILES string of the molecule is CN1CC(Br)[C]=N1. The van der Waals surface area contributed by atoms with Crippen molar-refractivity contribution >= 4 is 22.1 Å². The van der Waals surface area contributed by atoms with E-state index in [0.717, 1.165) is 6.54 Å². The van der Waals surface area contributed by atoms with Gasteiger partial charge in [0, 0.05) is 7.05 Å². The van der Waals surface area contributed by atoms with Crippen LogP contribution in [0.3, 0.4) is 0 Å². The predicted octanol–water partition coefficient (Wildman–Crippen LogP) is 0.558. The summed E-state index contributed by atoms with van der Waals surface area (Å²) < 4.78 is 0. The van der Waals surface area contributed by atoms with Gasteiger partial charge >= 0.3 is 0 Å². The normalized spacial score (nSPS) is 29.4. The van der Waals surface area contributed by atoms with E-state index in [9.17, 15) is 0 Å². The van der Waals surface area contributed by atoms with Crippen LogP contribution in [0.1, 0.15) is 0 Å². The molecular weight excluding hydrogens is 156 g/mol. The Bertz CT molecular complexity index is 81.7. The van der Waals surface area contributed by atoms with Crippen LogP contribution in [0.25, 0.3) is 0 Å². The number of hydrazone groups is 1. The Balaban J connectivity index is 2.42. The largest absolute Gasteiger partial charge is 0.298 e. The fourth-order valence-electron chi connectivity index (χ4n) is 0.475. The second-order valence-corrected chi connectivity index (χ2v) is 2.64. The Labute approximate surface area is 51.3 Å². The van der Waals surface area contributed by atoms with E-state index in [4.69, 9.17) is 0 Å². The number of hydrogen-bond donors (Lipinski definition) is 0. The first kappa shape index (κ1) is 5.09. The fraction of sp³-hybridized carbons (Fsp3) is 0.750. The van der Waals surface area contributed by atoms with E-state index in [-0.39, 0.29) is 0 Å². The standard InChI is InChI=1S/C4H6BrN2/c1-7-3-4(5)2-6-7/h4H,3H2,1H3. The van der Waals surface area contributed by atoms with Gasteiger partial charge in [0.05, 0.1) is 11.4 Å². The lowest BCUT2D eigenvalue weighted by molar-refractivity contribution is 0.396. The molecule has 1 unspecified atom stereocenters. The summed E-state index contributed by atoms with van der Waals surface area (Å²) in [7, 11) is 1.92. The van der Waals surface area contributed by atoms with Gasteiger partial charge in [-0.05, 0) is 0 Å². The first-order valence-corrected chi connectivity index (χ1v) is 3.02. The van der Waals surface area contributed by atoms with Crippen LogP contribution in [-0.2, 0) is 0 Å². The average Bonchev–Trinajstić information content (AvgIpc) is 1.87. The lowest BCUT2D eigenvalue weighted by Gasteiger charge is -2.02. The molecule has 0 fully saturated rings. The maximum atomic E-state index is 3.85. The van der Waals surface area contributed by atoms with Gasteiger partial charge in [0.2, 0.25) is 0 Å². The lowest BCUT2D eigenvalue weighted by atomic mass is 10.5. The van der Waals surface area contributed by atoms with Crippen molar-refractivity contribution in [3.63, 3.8) is 0 Å². The van der Waals surface area contributed by atoms with Gasteiger partial charge in [0.1, 0.15) is 6.21 Å². The number of nitrogens with zero attached hydrogens (tertiary/aromatic N) is 2. The molecule has 0 saturated carbocycles. The van der Waals surface area contributed by atoms with Gasteiger partial charge in [-0.15, -0.1) is 0 Å². The van der Waals surface area contributed by atoms with E-state index in [1.54, 1.807) is 0 Å². The molecule has 1 atom stereocenters. The van der Waals surface area contributed by atoms with Gasteiger partial charge in [-0.25, -0.2) is 0 Å².